The van der Waals surface area contributed by atoms with E-state index in [2.05, 4.69) is 32.5 Å². The maximum absolute atomic E-state index is 14.1. The third kappa shape index (κ3) is 11.6. The highest BCUT2D eigenvalue weighted by Gasteiger charge is 2.36. The first-order chi connectivity index (χ1) is 22.9. The second-order valence-corrected chi connectivity index (χ2v) is 15.6. The van der Waals surface area contributed by atoms with Crippen molar-refractivity contribution in [1.29, 1.82) is 0 Å². The summed E-state index contributed by atoms with van der Waals surface area (Å²) in [4.78, 5) is 32.3. The number of hydrogen-bond acceptors (Lipinski definition) is 10. The Kier molecular flexibility index (Phi) is 14.4. The van der Waals surface area contributed by atoms with Crippen LogP contribution in [0.4, 0.5) is 5.13 Å². The van der Waals surface area contributed by atoms with Gasteiger partial charge in [-0.2, -0.15) is 17.4 Å². The van der Waals surface area contributed by atoms with Crippen LogP contribution >= 0.6 is 11.3 Å². The van der Waals surface area contributed by atoms with Crippen LogP contribution in [-0.2, 0) is 37.4 Å². The van der Waals surface area contributed by atoms with Crippen LogP contribution in [0.3, 0.4) is 0 Å². The van der Waals surface area contributed by atoms with Crippen LogP contribution in [0, 0.1) is 11.8 Å². The van der Waals surface area contributed by atoms with E-state index in [9.17, 15) is 28.2 Å². The molecule has 1 aliphatic carbocycles. The number of hydrogen-bond donors (Lipinski definition) is 6. The standard InChI is InChI=1S/C33H50N6O7S2/c1-22(2)17-29(40)30(41)26(18-23-9-5-3-6-10-23)36-31(42)27(20-25-21-47-33(34)35-25)37-32(43)28(19-24-11-7-4-8-12-24)38-48(44,45)39-13-15-46-16-14-39/h3-5,7-8,11-12,21-23,26-30,38,40-41H,6,9-10,13-20H2,1-2H3,(H2,34,35)(H,36,42)(H,37,43)/t23?,26-,27+,28+,29+,30-/m1/s1. The second-order valence-electron chi connectivity index (χ2n) is 13.0. The largest absolute Gasteiger partial charge is 0.390 e. The lowest BCUT2D eigenvalue weighted by Gasteiger charge is -2.33. The number of carbonyl (C=O) groups excluding carboxylic acids is 2. The van der Waals surface area contributed by atoms with E-state index in [1.165, 1.54) is 15.6 Å². The van der Waals surface area contributed by atoms with Crippen molar-refractivity contribution in [3.8, 4) is 0 Å². The van der Waals surface area contributed by atoms with E-state index in [1.54, 1.807) is 29.6 Å². The zero-order valence-electron chi connectivity index (χ0n) is 27.7. The zero-order chi connectivity index (χ0) is 34.7. The summed E-state index contributed by atoms with van der Waals surface area (Å²) in [5.74, 6) is -0.976. The van der Waals surface area contributed by atoms with Crippen LogP contribution < -0.4 is 21.1 Å². The molecule has 1 aromatic heterocycles. The van der Waals surface area contributed by atoms with Crippen molar-refractivity contribution in [2.24, 2.45) is 11.8 Å². The van der Waals surface area contributed by atoms with Gasteiger partial charge < -0.3 is 31.3 Å². The molecule has 2 aromatic rings. The molecule has 13 nitrogen and oxygen atoms in total. The fourth-order valence-electron chi connectivity index (χ4n) is 6.07. The summed E-state index contributed by atoms with van der Waals surface area (Å²) in [6, 6.07) is 5.77. The van der Waals surface area contributed by atoms with Crippen molar-refractivity contribution < 1.29 is 33.0 Å². The predicted octanol–water partition coefficient (Wildman–Crippen LogP) is 1.53. The molecule has 0 spiro atoms. The van der Waals surface area contributed by atoms with Crippen molar-refractivity contribution in [1.82, 2.24) is 24.6 Å². The summed E-state index contributed by atoms with van der Waals surface area (Å²) in [6.07, 6.45) is 5.26. The minimum Gasteiger partial charge on any atom is -0.390 e. The van der Waals surface area contributed by atoms with Gasteiger partial charge in [-0.3, -0.25) is 9.59 Å². The van der Waals surface area contributed by atoms with E-state index in [0.717, 1.165) is 24.8 Å². The smallest absolute Gasteiger partial charge is 0.280 e. The van der Waals surface area contributed by atoms with Crippen LogP contribution in [0.15, 0.2) is 47.9 Å². The quantitative estimate of drug-likeness (QED) is 0.132. The molecule has 0 bridgehead atoms. The van der Waals surface area contributed by atoms with Gasteiger partial charge in [-0.15, -0.1) is 11.3 Å². The van der Waals surface area contributed by atoms with Crippen LogP contribution in [0.25, 0.3) is 0 Å². The first-order valence-corrected chi connectivity index (χ1v) is 18.9. The molecule has 1 aliphatic heterocycles. The highest BCUT2D eigenvalue weighted by atomic mass is 32.2. The zero-order valence-corrected chi connectivity index (χ0v) is 29.3. The molecule has 0 saturated carbocycles. The lowest BCUT2D eigenvalue weighted by atomic mass is 9.85. The van der Waals surface area contributed by atoms with Crippen molar-refractivity contribution >= 4 is 38.5 Å². The van der Waals surface area contributed by atoms with Crippen molar-refractivity contribution in [3.05, 3.63) is 59.1 Å². The number of carbonyl (C=O) groups is 2. The summed E-state index contributed by atoms with van der Waals surface area (Å²) in [5.41, 5.74) is 7.06. The molecule has 4 rings (SSSR count). The van der Waals surface area contributed by atoms with Gasteiger partial charge in [0.15, 0.2) is 5.13 Å². The SMILES string of the molecule is CC(C)C[C@H](O)[C@H](O)[C@@H](CC1CC=CCC1)NC(=O)[C@H](Cc1csc(N)n1)NC(=O)[C@H](Cc1ccccc1)NS(=O)(=O)N1CCOCC1. The highest BCUT2D eigenvalue weighted by Crippen LogP contribution is 2.26. The number of nitrogens with two attached hydrogens (primary N) is 1. The van der Waals surface area contributed by atoms with E-state index < -0.39 is 52.4 Å². The molecule has 2 heterocycles. The average molecular weight is 707 g/mol. The second kappa shape index (κ2) is 18.2. The molecule has 1 unspecified atom stereocenters. The number of allylic oxidation sites excluding steroid dienone is 2. The molecule has 1 saturated heterocycles. The van der Waals surface area contributed by atoms with E-state index in [4.69, 9.17) is 10.5 Å². The van der Waals surface area contributed by atoms with Gasteiger partial charge in [0.2, 0.25) is 11.8 Å². The van der Waals surface area contributed by atoms with E-state index in [-0.39, 0.29) is 51.0 Å². The Bertz CT molecular complexity index is 1450. The Hall–Kier alpha value is -2.92. The molecule has 1 aromatic carbocycles. The maximum atomic E-state index is 14.1. The molecule has 48 heavy (non-hydrogen) atoms. The van der Waals surface area contributed by atoms with Gasteiger partial charge in [0.05, 0.1) is 31.1 Å². The number of benzene rings is 1. The molecule has 2 amide bonds. The van der Waals surface area contributed by atoms with Crippen LogP contribution in [-0.4, -0.2) is 96.4 Å². The first kappa shape index (κ1) is 37.9. The number of morpholine rings is 1. The lowest BCUT2D eigenvalue weighted by molar-refractivity contribution is -0.131. The number of nitrogens with one attached hydrogen (secondary N) is 3. The molecule has 0 radical (unpaired) electrons. The van der Waals surface area contributed by atoms with E-state index in [0.29, 0.717) is 23.7 Å². The maximum Gasteiger partial charge on any atom is 0.280 e. The molecule has 1 fully saturated rings. The summed E-state index contributed by atoms with van der Waals surface area (Å²) < 4.78 is 35.8. The topological polar surface area (TPSA) is 196 Å². The normalized spacial score (nSPS) is 20.5. The number of aliphatic hydroxyl groups is 2. The Morgan fingerprint density at radius 1 is 1.06 bits per heavy atom. The number of nitrogen functional groups attached to an aromatic ring is 1. The number of anilines is 1. The number of aliphatic hydroxyl groups excluding tert-OH is 2. The van der Waals surface area contributed by atoms with E-state index in [1.807, 2.05) is 19.9 Å². The molecule has 7 N–H and O–H groups in total. The number of rotatable bonds is 17. The van der Waals surface area contributed by atoms with Crippen molar-refractivity contribution in [2.45, 2.75) is 89.1 Å². The monoisotopic (exact) mass is 706 g/mol. The predicted molar refractivity (Wildman–Crippen MR) is 185 cm³/mol. The van der Waals surface area contributed by atoms with E-state index >= 15 is 0 Å². The fourth-order valence-corrected chi connectivity index (χ4v) is 7.98. The number of aromatic nitrogens is 1. The number of amides is 2. The van der Waals surface area contributed by atoms with Gasteiger partial charge in [-0.1, -0.05) is 56.3 Å². The summed E-state index contributed by atoms with van der Waals surface area (Å²) >= 11 is 1.20. The molecular formula is C33H50N6O7S2. The Morgan fingerprint density at radius 3 is 2.40 bits per heavy atom. The van der Waals surface area contributed by atoms with Gasteiger partial charge in [0, 0.05) is 24.9 Å². The van der Waals surface area contributed by atoms with Crippen molar-refractivity contribution in [2.75, 3.05) is 32.0 Å². The molecular weight excluding hydrogens is 657 g/mol. The van der Waals surface area contributed by atoms with Crippen LogP contribution in [0.5, 0.6) is 0 Å². The van der Waals surface area contributed by atoms with Gasteiger partial charge in [-0.25, -0.2) is 4.98 Å². The minimum atomic E-state index is -4.08. The summed E-state index contributed by atoms with van der Waals surface area (Å²) in [7, 11) is -4.08. The fraction of sp³-hybridized carbons (Fsp3) is 0.606. The molecule has 15 heteroatoms. The number of ether oxygens (including phenoxy) is 1. The summed E-state index contributed by atoms with van der Waals surface area (Å²) in [5, 5.41) is 29.8. The van der Waals surface area contributed by atoms with Crippen LogP contribution in [0.2, 0.25) is 0 Å². The third-order valence-electron chi connectivity index (χ3n) is 8.63. The molecule has 266 valence electrons. The molecule has 2 aliphatic rings. The number of thiazole rings is 1. The first-order valence-electron chi connectivity index (χ1n) is 16.6. The Morgan fingerprint density at radius 2 is 1.77 bits per heavy atom. The van der Waals surface area contributed by atoms with Gasteiger partial charge in [-0.05, 0) is 55.9 Å². The highest BCUT2D eigenvalue weighted by molar-refractivity contribution is 7.87. The lowest BCUT2D eigenvalue weighted by Crippen LogP contribution is -2.59. The molecule has 6 atom stereocenters. The third-order valence-corrected chi connectivity index (χ3v) is 11.0. The Balaban J connectivity index is 1.58. The Labute approximate surface area is 287 Å². The van der Waals surface area contributed by atoms with Gasteiger partial charge in [0.25, 0.3) is 10.2 Å². The average Bonchev–Trinajstić information content (AvgIpc) is 3.48. The van der Waals surface area contributed by atoms with Crippen molar-refractivity contribution in [3.63, 3.8) is 0 Å². The van der Waals surface area contributed by atoms with Gasteiger partial charge in [0.1, 0.15) is 18.2 Å². The minimum absolute atomic E-state index is 0.0247. The number of nitrogens with zero attached hydrogens (tertiary/aromatic N) is 2. The van der Waals surface area contributed by atoms with Gasteiger partial charge >= 0.3 is 0 Å². The summed E-state index contributed by atoms with van der Waals surface area (Å²) in [6.45, 7) is 4.67. The van der Waals surface area contributed by atoms with Crippen LogP contribution in [0.1, 0.15) is 57.2 Å².